The molecule has 7 heteroatoms. The van der Waals surface area contributed by atoms with Gasteiger partial charge in [0.25, 0.3) is 0 Å². The Morgan fingerprint density at radius 2 is 1.35 bits per heavy atom. The van der Waals surface area contributed by atoms with Crippen molar-refractivity contribution in [2.45, 2.75) is 49.5 Å². The standard InChI is InChI=1S/C39H38N2O4S/c42-26-29-15-17-31(18-16-29)37-23-34(27-46-35-12-5-2-6-13-35)44-38(45-37)32-21-19-30(20-22-32)36-14-8-7-11-33(36)25-41-39(43)40-24-28-9-3-1-4-10-28/h1-22,34,37-38,42H,23-27H2,(H2,40,41,43)/t34-,37+,38+/m1/s1. The zero-order valence-electron chi connectivity index (χ0n) is 25.5. The summed E-state index contributed by atoms with van der Waals surface area (Å²) in [6, 6.07) is 44.4. The maximum absolute atomic E-state index is 12.5. The van der Waals surface area contributed by atoms with Crippen molar-refractivity contribution >= 4 is 17.8 Å². The quantitative estimate of drug-likeness (QED) is 0.128. The Labute approximate surface area is 274 Å². The van der Waals surface area contributed by atoms with Crippen LogP contribution in [-0.4, -0.2) is 23.0 Å². The minimum absolute atomic E-state index is 0.00834. The lowest BCUT2D eigenvalue weighted by molar-refractivity contribution is -0.245. The third-order valence-electron chi connectivity index (χ3n) is 8.04. The Morgan fingerprint density at radius 3 is 2.09 bits per heavy atom. The van der Waals surface area contributed by atoms with Crippen LogP contribution in [0, 0.1) is 0 Å². The van der Waals surface area contributed by atoms with Gasteiger partial charge in [0.15, 0.2) is 6.29 Å². The summed E-state index contributed by atoms with van der Waals surface area (Å²) in [7, 11) is 0. The third-order valence-corrected chi connectivity index (χ3v) is 9.18. The summed E-state index contributed by atoms with van der Waals surface area (Å²) in [5.74, 6) is 0.812. The predicted octanol–water partition coefficient (Wildman–Crippen LogP) is 8.18. The summed E-state index contributed by atoms with van der Waals surface area (Å²) in [5.41, 5.74) is 7.09. The first-order valence-corrected chi connectivity index (χ1v) is 16.6. The van der Waals surface area contributed by atoms with Crippen molar-refractivity contribution in [1.82, 2.24) is 10.6 Å². The van der Waals surface area contributed by atoms with E-state index in [0.717, 1.165) is 51.1 Å². The molecule has 0 aromatic heterocycles. The predicted molar refractivity (Wildman–Crippen MR) is 183 cm³/mol. The van der Waals surface area contributed by atoms with Crippen molar-refractivity contribution in [2.24, 2.45) is 0 Å². The van der Waals surface area contributed by atoms with Crippen LogP contribution in [0.2, 0.25) is 0 Å². The van der Waals surface area contributed by atoms with Crippen molar-refractivity contribution < 1.29 is 19.4 Å². The summed E-state index contributed by atoms with van der Waals surface area (Å²) >= 11 is 1.79. The fourth-order valence-corrected chi connectivity index (χ4v) is 6.46. The van der Waals surface area contributed by atoms with Gasteiger partial charge < -0.3 is 25.2 Å². The largest absolute Gasteiger partial charge is 0.392 e. The molecule has 3 N–H and O–H groups in total. The first-order valence-electron chi connectivity index (χ1n) is 15.6. The van der Waals surface area contributed by atoms with Crippen LogP contribution in [0.15, 0.2) is 138 Å². The van der Waals surface area contributed by atoms with Crippen LogP contribution in [0.25, 0.3) is 11.1 Å². The molecule has 0 radical (unpaired) electrons. The van der Waals surface area contributed by atoms with E-state index in [9.17, 15) is 9.90 Å². The fourth-order valence-electron chi connectivity index (χ4n) is 5.52. The van der Waals surface area contributed by atoms with Gasteiger partial charge in [-0.05, 0) is 45.5 Å². The molecule has 1 heterocycles. The van der Waals surface area contributed by atoms with Crippen LogP contribution in [-0.2, 0) is 29.2 Å². The van der Waals surface area contributed by atoms with Gasteiger partial charge in [0.05, 0.1) is 18.8 Å². The van der Waals surface area contributed by atoms with Gasteiger partial charge in [-0.1, -0.05) is 121 Å². The first kappa shape index (κ1) is 31.6. The van der Waals surface area contributed by atoms with Crippen LogP contribution in [0.5, 0.6) is 0 Å². The van der Waals surface area contributed by atoms with Gasteiger partial charge >= 0.3 is 6.03 Å². The highest BCUT2D eigenvalue weighted by atomic mass is 32.2. The number of urea groups is 1. The lowest BCUT2D eigenvalue weighted by Gasteiger charge is -2.36. The number of hydrogen-bond donors (Lipinski definition) is 3. The molecule has 1 aliphatic rings. The van der Waals surface area contributed by atoms with Crippen molar-refractivity contribution in [3.05, 3.63) is 161 Å². The maximum atomic E-state index is 12.5. The second-order valence-corrected chi connectivity index (χ2v) is 12.4. The molecule has 3 atom stereocenters. The van der Waals surface area contributed by atoms with E-state index >= 15 is 0 Å². The smallest absolute Gasteiger partial charge is 0.315 e. The number of aliphatic hydroxyl groups is 1. The van der Waals surface area contributed by atoms with Crippen LogP contribution >= 0.6 is 11.8 Å². The van der Waals surface area contributed by atoms with Gasteiger partial charge in [0.2, 0.25) is 0 Å². The van der Waals surface area contributed by atoms with E-state index in [0.29, 0.717) is 13.1 Å². The van der Waals surface area contributed by atoms with E-state index in [1.54, 1.807) is 11.8 Å². The summed E-state index contributed by atoms with van der Waals surface area (Å²) in [6.07, 6.45) is 0.0851. The molecule has 46 heavy (non-hydrogen) atoms. The highest BCUT2D eigenvalue weighted by Gasteiger charge is 2.32. The molecule has 0 saturated carbocycles. The third kappa shape index (κ3) is 8.44. The molecule has 1 fully saturated rings. The molecule has 6 nitrogen and oxygen atoms in total. The monoisotopic (exact) mass is 630 g/mol. The van der Waals surface area contributed by atoms with E-state index in [1.807, 2.05) is 78.9 Å². The molecule has 0 aliphatic carbocycles. The van der Waals surface area contributed by atoms with Crippen LogP contribution in [0.3, 0.4) is 0 Å². The second-order valence-electron chi connectivity index (χ2n) is 11.3. The summed E-state index contributed by atoms with van der Waals surface area (Å²) < 4.78 is 13.1. The van der Waals surface area contributed by atoms with Crippen LogP contribution in [0.1, 0.15) is 46.6 Å². The molecule has 1 saturated heterocycles. The Bertz CT molecular complexity index is 1680. The van der Waals surface area contributed by atoms with Gasteiger partial charge in [-0.3, -0.25) is 0 Å². The van der Waals surface area contributed by atoms with E-state index in [4.69, 9.17) is 9.47 Å². The molecule has 5 aromatic rings. The Hall–Kier alpha value is -4.40. The minimum Gasteiger partial charge on any atom is -0.392 e. The number of hydrogen-bond acceptors (Lipinski definition) is 5. The van der Waals surface area contributed by atoms with E-state index in [2.05, 4.69) is 65.2 Å². The number of amides is 2. The normalized spacial score (nSPS) is 17.7. The summed E-state index contributed by atoms with van der Waals surface area (Å²) in [6.45, 7) is 0.896. The SMILES string of the molecule is O=C(NCc1ccccc1)NCc1ccccc1-c1ccc([C@H]2O[C@@H](CSc3ccccc3)C[C@@H](c3ccc(CO)cc3)O2)cc1. The zero-order valence-corrected chi connectivity index (χ0v) is 26.4. The molecule has 6 rings (SSSR count). The highest BCUT2D eigenvalue weighted by Crippen LogP contribution is 2.40. The summed E-state index contributed by atoms with van der Waals surface area (Å²) in [5, 5.41) is 15.4. The van der Waals surface area contributed by atoms with Crippen molar-refractivity contribution in [1.29, 1.82) is 0 Å². The van der Waals surface area contributed by atoms with Crippen molar-refractivity contribution in [3.63, 3.8) is 0 Å². The fraction of sp³-hybridized carbons (Fsp3) is 0.205. The average Bonchev–Trinajstić information content (AvgIpc) is 3.13. The first-order chi connectivity index (χ1) is 22.6. The lowest BCUT2D eigenvalue weighted by Crippen LogP contribution is -2.34. The number of thioether (sulfide) groups is 1. The molecule has 1 aliphatic heterocycles. The molecular weight excluding hydrogens is 593 g/mol. The maximum Gasteiger partial charge on any atom is 0.315 e. The van der Waals surface area contributed by atoms with Crippen molar-refractivity contribution in [3.8, 4) is 11.1 Å². The van der Waals surface area contributed by atoms with Gasteiger partial charge in [0.1, 0.15) is 0 Å². The molecule has 5 aromatic carbocycles. The highest BCUT2D eigenvalue weighted by molar-refractivity contribution is 7.99. The summed E-state index contributed by atoms with van der Waals surface area (Å²) in [4.78, 5) is 13.7. The topological polar surface area (TPSA) is 79.8 Å². The Morgan fingerprint density at radius 1 is 0.696 bits per heavy atom. The number of benzene rings is 5. The van der Waals surface area contributed by atoms with Gasteiger partial charge in [-0.15, -0.1) is 11.8 Å². The number of rotatable bonds is 11. The minimum atomic E-state index is -0.517. The average molecular weight is 631 g/mol. The molecule has 0 unspecified atom stereocenters. The van der Waals surface area contributed by atoms with Crippen LogP contribution < -0.4 is 10.6 Å². The number of carbonyl (C=O) groups excluding carboxylic acids is 1. The number of nitrogens with one attached hydrogen (secondary N) is 2. The number of carbonyl (C=O) groups is 1. The number of aliphatic hydroxyl groups excluding tert-OH is 1. The zero-order chi connectivity index (χ0) is 31.6. The molecule has 234 valence electrons. The molecular formula is C39H38N2O4S. The Kier molecular flexibility index (Phi) is 10.8. The van der Waals surface area contributed by atoms with Gasteiger partial charge in [-0.25, -0.2) is 4.79 Å². The number of ether oxygens (including phenoxy) is 2. The second kappa shape index (κ2) is 15.7. The van der Waals surface area contributed by atoms with E-state index in [-0.39, 0.29) is 24.8 Å². The molecule has 0 spiro atoms. The van der Waals surface area contributed by atoms with Crippen LogP contribution in [0.4, 0.5) is 4.79 Å². The molecule has 2 amide bonds. The lowest BCUT2D eigenvalue weighted by atomic mass is 9.98. The van der Waals surface area contributed by atoms with Gasteiger partial charge in [0, 0.05) is 35.7 Å². The van der Waals surface area contributed by atoms with Gasteiger partial charge in [-0.2, -0.15) is 0 Å². The van der Waals surface area contributed by atoms with E-state index < -0.39 is 6.29 Å². The van der Waals surface area contributed by atoms with Crippen molar-refractivity contribution in [2.75, 3.05) is 5.75 Å². The molecule has 0 bridgehead atoms. The Balaban J connectivity index is 1.14. The van der Waals surface area contributed by atoms with E-state index in [1.165, 1.54) is 4.90 Å².